The number of anilines is 1. The zero-order valence-electron chi connectivity index (χ0n) is 14.9. The minimum Gasteiger partial charge on any atom is -0.309 e. The number of para-hydroxylation sites is 1. The van der Waals surface area contributed by atoms with Gasteiger partial charge in [0.05, 0.1) is 10.3 Å². The summed E-state index contributed by atoms with van der Waals surface area (Å²) in [5.74, 6) is 2.43. The highest BCUT2D eigenvalue weighted by Crippen LogP contribution is 2.35. The molecule has 1 atom stereocenters. The number of alkyl halides is 1. The number of halogens is 1. The van der Waals surface area contributed by atoms with Gasteiger partial charge in [-0.15, -0.1) is 35.1 Å². The van der Waals surface area contributed by atoms with E-state index in [1.807, 2.05) is 35.3 Å². The first kappa shape index (κ1) is 20.0. The fourth-order valence-electron chi connectivity index (χ4n) is 2.99. The Balaban J connectivity index is 2.39. The van der Waals surface area contributed by atoms with Crippen molar-refractivity contribution >= 4 is 46.7 Å². The molecular formula is C19H28ClNOS2. The average Bonchev–Trinajstić information content (AvgIpc) is 2.65. The number of hydrogen-bond acceptors (Lipinski definition) is 3. The van der Waals surface area contributed by atoms with E-state index in [1.165, 1.54) is 29.1 Å². The highest BCUT2D eigenvalue weighted by Gasteiger charge is 2.29. The van der Waals surface area contributed by atoms with Crippen LogP contribution in [0, 0.1) is 0 Å². The molecule has 1 aromatic rings. The maximum Gasteiger partial charge on any atom is 0.245 e. The van der Waals surface area contributed by atoms with Crippen LogP contribution in [0.3, 0.4) is 0 Å². The summed E-state index contributed by atoms with van der Waals surface area (Å²) in [7, 11) is 0. The topological polar surface area (TPSA) is 20.3 Å². The predicted octanol–water partition coefficient (Wildman–Crippen LogP) is 5.36. The van der Waals surface area contributed by atoms with Gasteiger partial charge in [-0.3, -0.25) is 4.79 Å². The molecule has 2 nitrogen and oxygen atoms in total. The zero-order valence-corrected chi connectivity index (χ0v) is 17.3. The molecule has 1 amide bonds. The third-order valence-corrected chi connectivity index (χ3v) is 7.76. The molecule has 1 heterocycles. The molecule has 0 spiro atoms. The van der Waals surface area contributed by atoms with E-state index in [1.54, 1.807) is 0 Å². The van der Waals surface area contributed by atoms with Crippen LogP contribution < -0.4 is 4.90 Å². The van der Waals surface area contributed by atoms with Crippen LogP contribution in [0.1, 0.15) is 44.7 Å². The van der Waals surface area contributed by atoms with Gasteiger partial charge >= 0.3 is 0 Å². The molecule has 2 rings (SSSR count). The molecule has 0 radical (unpaired) electrons. The molecule has 1 aliphatic rings. The number of hydrogen-bond donors (Lipinski definition) is 0. The van der Waals surface area contributed by atoms with Crippen molar-refractivity contribution in [1.82, 2.24) is 0 Å². The summed E-state index contributed by atoms with van der Waals surface area (Å²) in [5.41, 5.74) is 3.60. The highest BCUT2D eigenvalue weighted by atomic mass is 35.5. The molecule has 0 bridgehead atoms. The standard InChI is InChI=1S/C19H28ClNOS2/c1-4-14-9-7-10-15(5-2)18(14)21(19(22)16(20)6-3)13-17-23-11-8-12-24-17/h7,9-10,16-17H,4-6,8,11-13H2,1-3H3. The Kier molecular flexibility index (Phi) is 8.32. The average molecular weight is 386 g/mol. The van der Waals surface area contributed by atoms with Crippen LogP contribution in [-0.2, 0) is 17.6 Å². The van der Waals surface area contributed by atoms with Gasteiger partial charge in [0.25, 0.3) is 0 Å². The molecule has 0 saturated carbocycles. The lowest BCUT2D eigenvalue weighted by Crippen LogP contribution is -2.42. The minimum atomic E-state index is -0.446. The third kappa shape index (κ3) is 4.86. The summed E-state index contributed by atoms with van der Waals surface area (Å²) in [6.07, 6.45) is 3.78. The number of amides is 1. The van der Waals surface area contributed by atoms with E-state index in [2.05, 4.69) is 32.0 Å². The Bertz CT molecular complexity index is 524. The van der Waals surface area contributed by atoms with E-state index < -0.39 is 5.38 Å². The van der Waals surface area contributed by atoms with Crippen molar-refractivity contribution < 1.29 is 4.79 Å². The fraction of sp³-hybridized carbons (Fsp3) is 0.632. The number of nitrogens with zero attached hydrogens (tertiary/aromatic N) is 1. The van der Waals surface area contributed by atoms with E-state index in [-0.39, 0.29) is 5.91 Å². The zero-order chi connectivity index (χ0) is 17.5. The summed E-state index contributed by atoms with van der Waals surface area (Å²) < 4.78 is 0.443. The van der Waals surface area contributed by atoms with Gasteiger partial charge in [0, 0.05) is 6.54 Å². The van der Waals surface area contributed by atoms with E-state index in [0.717, 1.165) is 25.1 Å². The summed E-state index contributed by atoms with van der Waals surface area (Å²) in [5, 5.41) is -0.446. The van der Waals surface area contributed by atoms with Gasteiger partial charge in [-0.25, -0.2) is 0 Å². The maximum absolute atomic E-state index is 13.1. The summed E-state index contributed by atoms with van der Waals surface area (Å²) in [6.45, 7) is 7.04. The quantitative estimate of drug-likeness (QED) is 0.589. The second kappa shape index (κ2) is 9.98. The number of aryl methyl sites for hydroxylation is 2. The largest absolute Gasteiger partial charge is 0.309 e. The Morgan fingerprint density at radius 2 is 1.79 bits per heavy atom. The van der Waals surface area contributed by atoms with Crippen LogP contribution >= 0.6 is 35.1 Å². The van der Waals surface area contributed by atoms with Gasteiger partial charge in [0.2, 0.25) is 5.91 Å². The maximum atomic E-state index is 13.1. The van der Waals surface area contributed by atoms with Crippen molar-refractivity contribution in [2.24, 2.45) is 0 Å². The molecular weight excluding hydrogens is 358 g/mol. The van der Waals surface area contributed by atoms with E-state index in [9.17, 15) is 4.79 Å². The van der Waals surface area contributed by atoms with Gasteiger partial charge in [0.1, 0.15) is 5.38 Å². The lowest BCUT2D eigenvalue weighted by atomic mass is 10.0. The molecule has 1 saturated heterocycles. The molecule has 1 fully saturated rings. The molecule has 0 aromatic heterocycles. The third-order valence-electron chi connectivity index (χ3n) is 4.36. The van der Waals surface area contributed by atoms with Crippen LogP contribution in [0.2, 0.25) is 0 Å². The highest BCUT2D eigenvalue weighted by molar-refractivity contribution is 8.17. The summed E-state index contributed by atoms with van der Waals surface area (Å²) in [4.78, 5) is 15.1. The lowest BCUT2D eigenvalue weighted by Gasteiger charge is -2.33. The Hall–Kier alpha value is -0.320. The lowest BCUT2D eigenvalue weighted by molar-refractivity contribution is -0.118. The van der Waals surface area contributed by atoms with Crippen molar-refractivity contribution in [3.05, 3.63) is 29.3 Å². The van der Waals surface area contributed by atoms with Crippen molar-refractivity contribution in [2.45, 2.75) is 56.4 Å². The first-order valence-corrected chi connectivity index (χ1v) is 11.4. The van der Waals surface area contributed by atoms with Gasteiger partial charge in [-0.05, 0) is 48.3 Å². The van der Waals surface area contributed by atoms with E-state index in [4.69, 9.17) is 11.6 Å². The van der Waals surface area contributed by atoms with Crippen molar-refractivity contribution in [2.75, 3.05) is 23.0 Å². The minimum absolute atomic E-state index is 0.0570. The molecule has 134 valence electrons. The molecule has 24 heavy (non-hydrogen) atoms. The second-order valence-electron chi connectivity index (χ2n) is 5.98. The monoisotopic (exact) mass is 385 g/mol. The second-order valence-corrected chi connectivity index (χ2v) is 9.43. The molecule has 1 unspecified atom stereocenters. The Morgan fingerprint density at radius 3 is 2.29 bits per heavy atom. The number of carbonyl (C=O) groups is 1. The van der Waals surface area contributed by atoms with E-state index >= 15 is 0 Å². The Morgan fingerprint density at radius 1 is 1.21 bits per heavy atom. The van der Waals surface area contributed by atoms with Crippen LogP contribution in [-0.4, -0.2) is 33.9 Å². The normalized spacial score (nSPS) is 16.8. The van der Waals surface area contributed by atoms with Crippen molar-refractivity contribution in [1.29, 1.82) is 0 Å². The number of benzene rings is 1. The van der Waals surface area contributed by atoms with Crippen molar-refractivity contribution in [3.8, 4) is 0 Å². The molecule has 1 aromatic carbocycles. The number of rotatable bonds is 7. The van der Waals surface area contributed by atoms with Gasteiger partial charge in [-0.2, -0.15) is 0 Å². The number of carbonyl (C=O) groups excluding carboxylic acids is 1. The molecule has 5 heteroatoms. The van der Waals surface area contributed by atoms with Crippen LogP contribution in [0.15, 0.2) is 18.2 Å². The van der Waals surface area contributed by atoms with Gasteiger partial charge in [-0.1, -0.05) is 39.0 Å². The summed E-state index contributed by atoms with van der Waals surface area (Å²) in [6, 6.07) is 6.39. The van der Waals surface area contributed by atoms with Crippen LogP contribution in [0.25, 0.3) is 0 Å². The van der Waals surface area contributed by atoms with Gasteiger partial charge < -0.3 is 4.90 Å². The van der Waals surface area contributed by atoms with Crippen molar-refractivity contribution in [3.63, 3.8) is 0 Å². The summed E-state index contributed by atoms with van der Waals surface area (Å²) >= 11 is 10.3. The first-order valence-electron chi connectivity index (χ1n) is 8.91. The van der Waals surface area contributed by atoms with Gasteiger partial charge in [0.15, 0.2) is 0 Å². The molecule has 0 N–H and O–H groups in total. The number of thioether (sulfide) groups is 2. The van der Waals surface area contributed by atoms with Crippen LogP contribution in [0.5, 0.6) is 0 Å². The molecule has 0 aliphatic carbocycles. The SMILES string of the molecule is CCc1cccc(CC)c1N(CC1SCCCS1)C(=O)C(Cl)CC. The smallest absolute Gasteiger partial charge is 0.245 e. The predicted molar refractivity (Wildman–Crippen MR) is 111 cm³/mol. The molecule has 1 aliphatic heterocycles. The Labute approximate surface area is 160 Å². The van der Waals surface area contributed by atoms with Crippen LogP contribution in [0.4, 0.5) is 5.69 Å². The van der Waals surface area contributed by atoms with E-state index in [0.29, 0.717) is 11.0 Å². The first-order chi connectivity index (χ1) is 11.6. The fourth-order valence-corrected chi connectivity index (χ4v) is 5.91.